The number of sulfonamides is 1. The van der Waals surface area contributed by atoms with Gasteiger partial charge in [-0.15, -0.1) is 0 Å². The van der Waals surface area contributed by atoms with Gasteiger partial charge < -0.3 is 10.8 Å². The molecule has 2 aliphatic rings. The Morgan fingerprint density at radius 3 is 2.50 bits per heavy atom. The lowest BCUT2D eigenvalue weighted by Crippen LogP contribution is -2.53. The normalized spacial score (nSPS) is 17.7. The summed E-state index contributed by atoms with van der Waals surface area (Å²) in [6, 6.07) is 9.25. The maximum Gasteiger partial charge on any atom is 0.243 e. The number of β-amino-alcohol motifs (C(OH)–C–C–N with tert-alkyl or cyclic N) is 1. The van der Waals surface area contributed by atoms with Crippen LogP contribution in [0.1, 0.15) is 22.3 Å². The average Bonchev–Trinajstić information content (AvgIpc) is 2.94. The van der Waals surface area contributed by atoms with Crippen molar-refractivity contribution in [2.45, 2.75) is 31.4 Å². The molecule has 2 aliphatic heterocycles. The maximum atomic E-state index is 12.6. The van der Waals surface area contributed by atoms with Crippen LogP contribution >= 0.6 is 0 Å². The summed E-state index contributed by atoms with van der Waals surface area (Å²) < 4.78 is 26.5. The van der Waals surface area contributed by atoms with Gasteiger partial charge in [0.25, 0.3) is 0 Å². The van der Waals surface area contributed by atoms with Crippen molar-refractivity contribution in [3.8, 4) is 11.1 Å². The maximum absolute atomic E-state index is 12.6. The first-order valence-electron chi connectivity index (χ1n) is 8.51. The van der Waals surface area contributed by atoms with Gasteiger partial charge in [-0.3, -0.25) is 4.99 Å². The fourth-order valence-corrected chi connectivity index (χ4v) is 5.26. The summed E-state index contributed by atoms with van der Waals surface area (Å²) in [4.78, 5) is 4.55. The highest BCUT2D eigenvalue weighted by atomic mass is 32.2. The molecule has 1 fully saturated rings. The smallest absolute Gasteiger partial charge is 0.243 e. The Morgan fingerprint density at radius 2 is 1.85 bits per heavy atom. The second-order valence-corrected chi connectivity index (χ2v) is 8.86. The molecular formula is C19H21N3O3S. The van der Waals surface area contributed by atoms with E-state index in [2.05, 4.69) is 4.99 Å². The second kappa shape index (κ2) is 5.90. The molecule has 0 amide bonds. The summed E-state index contributed by atoms with van der Waals surface area (Å²) in [6.07, 6.45) is -0.564. The van der Waals surface area contributed by atoms with Crippen LogP contribution in [0.3, 0.4) is 0 Å². The molecule has 1 saturated heterocycles. The molecule has 0 saturated carbocycles. The minimum Gasteiger partial charge on any atom is -0.390 e. The highest BCUT2D eigenvalue weighted by molar-refractivity contribution is 7.89. The van der Waals surface area contributed by atoms with Gasteiger partial charge in [0.2, 0.25) is 10.0 Å². The highest BCUT2D eigenvalue weighted by Gasteiger charge is 2.35. The number of aliphatic hydroxyl groups is 1. The van der Waals surface area contributed by atoms with Crippen LogP contribution in [0.2, 0.25) is 0 Å². The topological polar surface area (TPSA) is 96.0 Å². The summed E-state index contributed by atoms with van der Waals surface area (Å²) >= 11 is 0. The van der Waals surface area contributed by atoms with E-state index in [1.54, 1.807) is 12.1 Å². The first-order chi connectivity index (χ1) is 12.3. The van der Waals surface area contributed by atoms with E-state index in [1.165, 1.54) is 4.31 Å². The van der Waals surface area contributed by atoms with Gasteiger partial charge in [0, 0.05) is 18.7 Å². The molecule has 0 aliphatic carbocycles. The predicted octanol–water partition coefficient (Wildman–Crippen LogP) is 1.55. The number of benzene rings is 2. The van der Waals surface area contributed by atoms with Crippen LogP contribution in [0.4, 0.5) is 0 Å². The Bertz CT molecular complexity index is 1040. The molecule has 0 aromatic heterocycles. The van der Waals surface area contributed by atoms with Crippen molar-refractivity contribution >= 4 is 15.9 Å². The van der Waals surface area contributed by atoms with Gasteiger partial charge in [-0.25, -0.2) is 8.42 Å². The van der Waals surface area contributed by atoms with Crippen LogP contribution in [-0.2, 0) is 16.6 Å². The summed E-state index contributed by atoms with van der Waals surface area (Å²) in [7, 11) is -3.55. The van der Waals surface area contributed by atoms with Crippen molar-refractivity contribution in [2.75, 3.05) is 13.1 Å². The van der Waals surface area contributed by atoms with E-state index in [0.29, 0.717) is 12.4 Å². The van der Waals surface area contributed by atoms with Crippen molar-refractivity contribution in [1.82, 2.24) is 4.31 Å². The third-order valence-electron chi connectivity index (χ3n) is 5.18. The Kier molecular flexibility index (Phi) is 3.91. The lowest BCUT2D eigenvalue weighted by atomic mass is 9.91. The van der Waals surface area contributed by atoms with Crippen molar-refractivity contribution < 1.29 is 13.5 Å². The van der Waals surface area contributed by atoms with Crippen molar-refractivity contribution in [1.29, 1.82) is 0 Å². The number of amidine groups is 1. The molecule has 0 atom stereocenters. The summed E-state index contributed by atoms with van der Waals surface area (Å²) in [5.74, 6) is 0.563. The Balaban J connectivity index is 1.74. The van der Waals surface area contributed by atoms with E-state index < -0.39 is 16.1 Å². The lowest BCUT2D eigenvalue weighted by Gasteiger charge is -2.34. The summed E-state index contributed by atoms with van der Waals surface area (Å²) in [6.45, 7) is 4.86. The Labute approximate surface area is 153 Å². The van der Waals surface area contributed by atoms with Crippen molar-refractivity contribution in [2.24, 2.45) is 10.7 Å². The van der Waals surface area contributed by atoms with Gasteiger partial charge in [-0.1, -0.05) is 18.2 Å². The van der Waals surface area contributed by atoms with E-state index in [9.17, 15) is 13.5 Å². The Hall–Kier alpha value is -2.22. The summed E-state index contributed by atoms with van der Waals surface area (Å²) in [5, 5.41) is 9.38. The number of aliphatic imine (C=N–C) groups is 1. The molecule has 136 valence electrons. The lowest BCUT2D eigenvalue weighted by molar-refractivity contribution is 0.0548. The van der Waals surface area contributed by atoms with Crippen molar-refractivity contribution in [3.05, 3.63) is 52.6 Å². The average molecular weight is 371 g/mol. The Morgan fingerprint density at radius 1 is 1.15 bits per heavy atom. The van der Waals surface area contributed by atoms with Gasteiger partial charge in [-0.05, 0) is 53.8 Å². The van der Waals surface area contributed by atoms with Crippen LogP contribution in [-0.4, -0.2) is 42.9 Å². The van der Waals surface area contributed by atoms with E-state index in [-0.39, 0.29) is 18.0 Å². The molecule has 26 heavy (non-hydrogen) atoms. The molecule has 0 bridgehead atoms. The van der Waals surface area contributed by atoms with Crippen LogP contribution in [0, 0.1) is 13.8 Å². The zero-order valence-electron chi connectivity index (χ0n) is 14.7. The molecule has 6 nitrogen and oxygen atoms in total. The fourth-order valence-electron chi connectivity index (χ4n) is 3.66. The summed E-state index contributed by atoms with van der Waals surface area (Å²) in [5.41, 5.74) is 12.1. The van der Waals surface area contributed by atoms with E-state index in [4.69, 9.17) is 5.73 Å². The van der Waals surface area contributed by atoms with E-state index in [0.717, 1.165) is 33.4 Å². The van der Waals surface area contributed by atoms with Crippen LogP contribution in [0.15, 0.2) is 40.2 Å². The third kappa shape index (κ3) is 2.55. The van der Waals surface area contributed by atoms with E-state index >= 15 is 0 Å². The zero-order valence-corrected chi connectivity index (χ0v) is 15.5. The second-order valence-electron chi connectivity index (χ2n) is 6.93. The predicted molar refractivity (Wildman–Crippen MR) is 101 cm³/mol. The van der Waals surface area contributed by atoms with Gasteiger partial charge in [-0.2, -0.15) is 4.31 Å². The zero-order chi connectivity index (χ0) is 18.6. The minimum absolute atomic E-state index is 0.158. The monoisotopic (exact) mass is 371 g/mol. The SMILES string of the molecule is Cc1cc(S(=O)(=O)N2CC(O)C2)ccc1-c1ccc2c(c1C)C(N)=NC2. The molecule has 0 radical (unpaired) electrons. The first kappa shape index (κ1) is 17.2. The molecule has 2 aromatic carbocycles. The number of rotatable bonds is 3. The van der Waals surface area contributed by atoms with Gasteiger partial charge in [0.05, 0.1) is 17.5 Å². The first-order valence-corrected chi connectivity index (χ1v) is 9.95. The van der Waals surface area contributed by atoms with Gasteiger partial charge in [0.1, 0.15) is 5.84 Å². The number of aryl methyl sites for hydroxylation is 1. The number of hydrogen-bond acceptors (Lipinski definition) is 5. The molecule has 0 unspecified atom stereocenters. The number of hydrogen-bond donors (Lipinski definition) is 2. The molecular weight excluding hydrogens is 350 g/mol. The molecule has 0 spiro atoms. The number of nitrogens with two attached hydrogens (primary N) is 1. The van der Waals surface area contributed by atoms with Crippen LogP contribution in [0.25, 0.3) is 11.1 Å². The quantitative estimate of drug-likeness (QED) is 0.856. The van der Waals surface area contributed by atoms with Crippen LogP contribution in [0.5, 0.6) is 0 Å². The largest absolute Gasteiger partial charge is 0.390 e. The van der Waals surface area contributed by atoms with Gasteiger partial charge in [0.15, 0.2) is 0 Å². The van der Waals surface area contributed by atoms with E-state index in [1.807, 2.05) is 32.0 Å². The highest BCUT2D eigenvalue weighted by Crippen LogP contribution is 2.34. The number of aliphatic hydroxyl groups excluding tert-OH is 1. The number of nitrogens with zero attached hydrogens (tertiary/aromatic N) is 2. The molecule has 2 aromatic rings. The van der Waals surface area contributed by atoms with Crippen LogP contribution < -0.4 is 5.73 Å². The third-order valence-corrected chi connectivity index (χ3v) is 7.01. The fraction of sp³-hybridized carbons (Fsp3) is 0.316. The minimum atomic E-state index is -3.55. The molecule has 3 N–H and O–H groups in total. The molecule has 7 heteroatoms. The molecule has 4 rings (SSSR count). The van der Waals surface area contributed by atoms with Crippen molar-refractivity contribution in [3.63, 3.8) is 0 Å². The molecule has 2 heterocycles. The van der Waals surface area contributed by atoms with Gasteiger partial charge >= 0.3 is 0 Å². The standard InChI is InChI=1S/C19H21N3O3S/c1-11-7-15(26(24,25)22-9-14(23)10-22)4-6-16(11)17-5-3-13-8-21-19(20)18(13)12(17)2/h3-7,14,23H,8-10H2,1-2H3,(H2,20,21). The number of fused-ring (bicyclic) bond motifs is 1.